The molecule has 0 aliphatic rings. The molecule has 0 fully saturated rings. The van der Waals surface area contributed by atoms with Crippen LogP contribution in [0.5, 0.6) is 0 Å². The van der Waals surface area contributed by atoms with Crippen molar-refractivity contribution in [2.24, 2.45) is 11.3 Å². The van der Waals surface area contributed by atoms with E-state index in [1.807, 2.05) is 20.8 Å². The maximum absolute atomic E-state index is 12.5. The van der Waals surface area contributed by atoms with E-state index in [-0.39, 0.29) is 0 Å². The van der Waals surface area contributed by atoms with Crippen LogP contribution in [0.25, 0.3) is 11.1 Å². The minimum atomic E-state index is -0.851. The molecule has 2 atom stereocenters. The average Bonchev–Trinajstić information content (AvgIpc) is 2.70. The maximum atomic E-state index is 12.5. The third-order valence-electron chi connectivity index (χ3n) is 3.46. The van der Waals surface area contributed by atoms with E-state index in [0.29, 0.717) is 11.1 Å². The Bertz CT molecular complexity index is 690. The van der Waals surface area contributed by atoms with Crippen molar-refractivity contribution >= 4 is 17.0 Å². The first-order valence-electron chi connectivity index (χ1n) is 6.56. The van der Waals surface area contributed by atoms with Gasteiger partial charge in [0, 0.05) is 0 Å². The molecule has 1 aromatic carbocycles. The fourth-order valence-electron chi connectivity index (χ4n) is 2.26. The van der Waals surface area contributed by atoms with Gasteiger partial charge in [-0.1, -0.05) is 39.8 Å². The Hall–Kier alpha value is -1.88. The summed E-state index contributed by atoms with van der Waals surface area (Å²) in [5.41, 5.74) is 0.344. The third-order valence-corrected chi connectivity index (χ3v) is 3.46. The molecule has 0 spiro atoms. The van der Waals surface area contributed by atoms with Crippen LogP contribution in [0.3, 0.4) is 0 Å². The summed E-state index contributed by atoms with van der Waals surface area (Å²) in [6.45, 7) is 7.15. The SMILES string of the molecule is C[C@@H](C(=O)n1c(=O)oc2ccccc21)[C@@H](O)C(C)(C)C. The van der Waals surface area contributed by atoms with Crippen molar-refractivity contribution in [1.29, 1.82) is 0 Å². The molecule has 0 aliphatic heterocycles. The van der Waals surface area contributed by atoms with E-state index in [4.69, 9.17) is 4.42 Å². The number of aliphatic hydroxyl groups excluding tert-OH is 1. The number of carbonyl (C=O) groups excluding carboxylic acids is 1. The van der Waals surface area contributed by atoms with Crippen molar-refractivity contribution in [2.45, 2.75) is 33.8 Å². The molecule has 0 radical (unpaired) electrons. The Morgan fingerprint density at radius 2 is 1.90 bits per heavy atom. The molecule has 0 unspecified atom stereocenters. The highest BCUT2D eigenvalue weighted by molar-refractivity contribution is 5.90. The number of hydrogen-bond acceptors (Lipinski definition) is 4. The van der Waals surface area contributed by atoms with Crippen LogP contribution in [0.4, 0.5) is 0 Å². The number of para-hydroxylation sites is 2. The summed E-state index contributed by atoms with van der Waals surface area (Å²) in [6, 6.07) is 6.74. The molecule has 0 amide bonds. The molecule has 5 nitrogen and oxygen atoms in total. The lowest BCUT2D eigenvalue weighted by molar-refractivity contribution is 0.0150. The fraction of sp³-hybridized carbons (Fsp3) is 0.467. The molecular weight excluding hydrogens is 258 g/mol. The molecule has 0 bridgehead atoms. The highest BCUT2D eigenvalue weighted by atomic mass is 16.4. The van der Waals surface area contributed by atoms with Crippen LogP contribution in [0.1, 0.15) is 32.5 Å². The second-order valence-corrected chi connectivity index (χ2v) is 6.11. The molecular formula is C15H19NO4. The zero-order valence-corrected chi connectivity index (χ0v) is 12.1. The zero-order chi connectivity index (χ0) is 15.1. The predicted molar refractivity (Wildman–Crippen MR) is 75.7 cm³/mol. The van der Waals surface area contributed by atoms with Crippen LogP contribution in [-0.2, 0) is 0 Å². The highest BCUT2D eigenvalue weighted by Gasteiger charge is 2.34. The summed E-state index contributed by atoms with van der Waals surface area (Å²) in [5, 5.41) is 10.2. The minimum absolute atomic E-state index is 0.364. The van der Waals surface area contributed by atoms with Gasteiger partial charge >= 0.3 is 5.76 Å². The van der Waals surface area contributed by atoms with Crippen LogP contribution in [0.2, 0.25) is 0 Å². The summed E-state index contributed by atoms with van der Waals surface area (Å²) in [6.07, 6.45) is -0.851. The Morgan fingerprint density at radius 1 is 1.30 bits per heavy atom. The van der Waals surface area contributed by atoms with Crippen molar-refractivity contribution < 1.29 is 14.3 Å². The summed E-state index contributed by atoms with van der Waals surface area (Å²) in [4.78, 5) is 24.3. The molecule has 2 aromatic rings. The number of oxazole rings is 1. The van der Waals surface area contributed by atoms with Gasteiger partial charge in [-0.25, -0.2) is 9.36 Å². The van der Waals surface area contributed by atoms with E-state index < -0.39 is 29.1 Å². The number of nitrogens with zero attached hydrogens (tertiary/aromatic N) is 1. The molecule has 20 heavy (non-hydrogen) atoms. The predicted octanol–water partition coefficient (Wildman–Crippen LogP) is 2.28. The number of hydrogen-bond donors (Lipinski definition) is 1. The van der Waals surface area contributed by atoms with E-state index in [9.17, 15) is 14.7 Å². The van der Waals surface area contributed by atoms with Gasteiger partial charge in [0.2, 0.25) is 5.91 Å². The first kappa shape index (κ1) is 14.5. The van der Waals surface area contributed by atoms with Crippen LogP contribution >= 0.6 is 0 Å². The van der Waals surface area contributed by atoms with E-state index in [2.05, 4.69) is 0 Å². The van der Waals surface area contributed by atoms with Crippen molar-refractivity contribution in [3.63, 3.8) is 0 Å². The Balaban J connectivity index is 2.47. The Morgan fingerprint density at radius 3 is 2.50 bits per heavy atom. The number of benzene rings is 1. The number of fused-ring (bicyclic) bond motifs is 1. The maximum Gasteiger partial charge on any atom is 0.426 e. The first-order valence-corrected chi connectivity index (χ1v) is 6.56. The first-order chi connectivity index (χ1) is 9.23. The van der Waals surface area contributed by atoms with Crippen molar-refractivity contribution in [1.82, 2.24) is 4.57 Å². The van der Waals surface area contributed by atoms with E-state index in [1.165, 1.54) is 0 Å². The summed E-state index contributed by atoms with van der Waals surface area (Å²) >= 11 is 0. The van der Waals surface area contributed by atoms with Gasteiger partial charge in [-0.3, -0.25) is 4.79 Å². The van der Waals surface area contributed by atoms with Crippen molar-refractivity contribution in [2.75, 3.05) is 0 Å². The van der Waals surface area contributed by atoms with E-state index >= 15 is 0 Å². The van der Waals surface area contributed by atoms with Gasteiger partial charge in [-0.05, 0) is 17.5 Å². The topological polar surface area (TPSA) is 72.4 Å². The van der Waals surface area contributed by atoms with Crippen LogP contribution in [-0.4, -0.2) is 21.7 Å². The number of carbonyl (C=O) groups is 1. The van der Waals surface area contributed by atoms with Crippen LogP contribution in [0, 0.1) is 11.3 Å². The highest BCUT2D eigenvalue weighted by Crippen LogP contribution is 2.26. The number of rotatable bonds is 2. The van der Waals surface area contributed by atoms with Gasteiger partial charge in [0.1, 0.15) is 0 Å². The number of aromatic nitrogens is 1. The van der Waals surface area contributed by atoms with Crippen LogP contribution < -0.4 is 5.76 Å². The standard InChI is InChI=1S/C15H19NO4/c1-9(12(17)15(2,3)4)13(18)16-10-7-5-6-8-11(10)20-14(16)19/h5-9,12,17H,1-4H3/t9-,12-/m1/s1. The fourth-order valence-corrected chi connectivity index (χ4v) is 2.26. The van der Waals surface area contributed by atoms with Gasteiger partial charge in [-0.2, -0.15) is 0 Å². The van der Waals surface area contributed by atoms with Gasteiger partial charge in [0.15, 0.2) is 5.58 Å². The zero-order valence-electron chi connectivity index (χ0n) is 12.1. The molecule has 0 aliphatic carbocycles. The average molecular weight is 277 g/mol. The third kappa shape index (κ3) is 2.41. The lowest BCUT2D eigenvalue weighted by Crippen LogP contribution is -2.40. The molecule has 5 heteroatoms. The minimum Gasteiger partial charge on any atom is -0.407 e. The van der Waals surface area contributed by atoms with E-state index in [1.54, 1.807) is 31.2 Å². The summed E-state index contributed by atoms with van der Waals surface area (Å²) < 4.78 is 6.04. The van der Waals surface area contributed by atoms with Crippen molar-refractivity contribution in [3.8, 4) is 0 Å². The monoisotopic (exact) mass is 277 g/mol. The lowest BCUT2D eigenvalue weighted by Gasteiger charge is -2.29. The quantitative estimate of drug-likeness (QED) is 0.914. The molecule has 108 valence electrons. The van der Waals surface area contributed by atoms with Gasteiger partial charge < -0.3 is 9.52 Å². The van der Waals surface area contributed by atoms with Crippen molar-refractivity contribution in [3.05, 3.63) is 34.8 Å². The van der Waals surface area contributed by atoms with E-state index in [0.717, 1.165) is 4.57 Å². The van der Waals surface area contributed by atoms with Gasteiger partial charge in [0.05, 0.1) is 17.5 Å². The Labute approximate surface area is 116 Å². The largest absolute Gasteiger partial charge is 0.426 e. The normalized spacial score (nSPS) is 15.2. The molecule has 0 saturated carbocycles. The van der Waals surface area contributed by atoms with Gasteiger partial charge in [0.25, 0.3) is 0 Å². The Kier molecular flexibility index (Phi) is 3.56. The molecule has 1 heterocycles. The number of aliphatic hydroxyl groups is 1. The smallest absolute Gasteiger partial charge is 0.407 e. The summed E-state index contributed by atoms with van der Waals surface area (Å²) in [5.74, 6) is -1.87. The lowest BCUT2D eigenvalue weighted by atomic mass is 9.81. The second kappa shape index (κ2) is 4.90. The molecule has 1 N–H and O–H groups in total. The summed E-state index contributed by atoms with van der Waals surface area (Å²) in [7, 11) is 0. The molecule has 1 aromatic heterocycles. The van der Waals surface area contributed by atoms with Gasteiger partial charge in [-0.15, -0.1) is 0 Å². The molecule has 2 rings (SSSR count). The second-order valence-electron chi connectivity index (χ2n) is 6.11. The van der Waals surface area contributed by atoms with Crippen LogP contribution in [0.15, 0.2) is 33.5 Å². The molecule has 0 saturated heterocycles.